The SMILES string of the molecule is C[C@H]1CCC2=NN(C(=O)c3ccc(N(C)C)cc3)[C@@](O)(C(F)(F)F)[C@@H]2C1. The van der Waals surface area contributed by atoms with Crippen molar-refractivity contribution in [2.45, 2.75) is 38.1 Å². The molecule has 0 bridgehead atoms. The van der Waals surface area contributed by atoms with Gasteiger partial charge in [0.1, 0.15) is 0 Å². The second kappa shape index (κ2) is 6.26. The molecule has 1 aliphatic heterocycles. The van der Waals surface area contributed by atoms with Crippen molar-refractivity contribution in [3.8, 4) is 0 Å². The van der Waals surface area contributed by atoms with Crippen LogP contribution in [0.2, 0.25) is 0 Å². The maximum Gasteiger partial charge on any atom is 0.439 e. The molecule has 142 valence electrons. The van der Waals surface area contributed by atoms with Crippen LogP contribution in [0, 0.1) is 11.8 Å². The molecule has 26 heavy (non-hydrogen) atoms. The molecule has 1 N–H and O–H groups in total. The molecule has 1 aliphatic carbocycles. The van der Waals surface area contributed by atoms with E-state index in [4.69, 9.17) is 0 Å². The number of aliphatic hydroxyl groups is 1. The molecular weight excluding hydrogens is 347 g/mol. The number of anilines is 1. The van der Waals surface area contributed by atoms with Crippen LogP contribution in [0.1, 0.15) is 36.5 Å². The van der Waals surface area contributed by atoms with Gasteiger partial charge in [0.05, 0.1) is 5.92 Å². The van der Waals surface area contributed by atoms with Crippen LogP contribution in [0.5, 0.6) is 0 Å². The Morgan fingerprint density at radius 3 is 2.46 bits per heavy atom. The van der Waals surface area contributed by atoms with Crippen LogP contribution < -0.4 is 4.90 Å². The summed E-state index contributed by atoms with van der Waals surface area (Å²) in [7, 11) is 3.63. The average Bonchev–Trinajstić information content (AvgIpc) is 2.88. The van der Waals surface area contributed by atoms with Gasteiger partial charge in [-0.05, 0) is 49.4 Å². The Hall–Kier alpha value is -2.09. The first kappa shape index (κ1) is 18.7. The molecule has 1 aromatic rings. The van der Waals surface area contributed by atoms with Crippen molar-refractivity contribution in [1.29, 1.82) is 0 Å². The highest BCUT2D eigenvalue weighted by molar-refractivity contribution is 5.99. The van der Waals surface area contributed by atoms with Crippen molar-refractivity contribution in [3.63, 3.8) is 0 Å². The molecule has 0 aromatic heterocycles. The molecule has 1 fully saturated rings. The minimum Gasteiger partial charge on any atom is -0.378 e. The Bertz CT molecular complexity index is 730. The summed E-state index contributed by atoms with van der Waals surface area (Å²) in [5.74, 6) is -2.14. The predicted molar refractivity (Wildman–Crippen MR) is 91.9 cm³/mol. The Morgan fingerprint density at radius 2 is 1.92 bits per heavy atom. The minimum atomic E-state index is -5.00. The number of hydrogen-bond acceptors (Lipinski definition) is 4. The third kappa shape index (κ3) is 2.86. The molecule has 0 radical (unpaired) electrons. The van der Waals surface area contributed by atoms with Crippen LogP contribution >= 0.6 is 0 Å². The van der Waals surface area contributed by atoms with Crippen molar-refractivity contribution in [1.82, 2.24) is 5.01 Å². The van der Waals surface area contributed by atoms with Crippen molar-refractivity contribution in [2.75, 3.05) is 19.0 Å². The monoisotopic (exact) mass is 369 g/mol. The smallest absolute Gasteiger partial charge is 0.378 e. The number of alkyl halides is 3. The molecule has 3 rings (SSSR count). The summed E-state index contributed by atoms with van der Waals surface area (Å²) in [6.45, 7) is 1.85. The number of carbonyl (C=O) groups excluding carboxylic acids is 1. The van der Waals surface area contributed by atoms with Gasteiger partial charge in [0.15, 0.2) is 0 Å². The van der Waals surface area contributed by atoms with E-state index >= 15 is 0 Å². The molecule has 2 aliphatic rings. The highest BCUT2D eigenvalue weighted by atomic mass is 19.4. The Balaban J connectivity index is 1.98. The number of carbonyl (C=O) groups is 1. The van der Waals surface area contributed by atoms with E-state index in [0.29, 0.717) is 12.8 Å². The first-order valence-electron chi connectivity index (χ1n) is 8.54. The van der Waals surface area contributed by atoms with Crippen LogP contribution in [-0.2, 0) is 0 Å². The Labute approximate surface area is 150 Å². The zero-order valence-corrected chi connectivity index (χ0v) is 14.9. The van der Waals surface area contributed by atoms with E-state index in [0.717, 1.165) is 5.69 Å². The zero-order chi connectivity index (χ0) is 19.3. The normalized spacial score (nSPS) is 28.6. The Kier molecular flexibility index (Phi) is 4.50. The third-order valence-corrected chi connectivity index (χ3v) is 5.21. The summed E-state index contributed by atoms with van der Waals surface area (Å²) in [5, 5.41) is 14.8. The van der Waals surface area contributed by atoms with E-state index in [1.807, 2.05) is 25.9 Å². The first-order chi connectivity index (χ1) is 12.1. The zero-order valence-electron chi connectivity index (χ0n) is 14.9. The van der Waals surface area contributed by atoms with Gasteiger partial charge in [-0.2, -0.15) is 23.3 Å². The number of amides is 1. The molecule has 0 saturated heterocycles. The van der Waals surface area contributed by atoms with Gasteiger partial charge < -0.3 is 10.0 Å². The quantitative estimate of drug-likeness (QED) is 0.871. The summed E-state index contributed by atoms with van der Waals surface area (Å²) >= 11 is 0. The first-order valence-corrected chi connectivity index (χ1v) is 8.54. The van der Waals surface area contributed by atoms with Crippen LogP contribution in [0.4, 0.5) is 18.9 Å². The summed E-state index contributed by atoms with van der Waals surface area (Å²) in [5.41, 5.74) is -2.19. The number of rotatable bonds is 2. The lowest BCUT2D eigenvalue weighted by Gasteiger charge is -2.39. The maximum absolute atomic E-state index is 13.8. The molecular formula is C18H22F3N3O2. The third-order valence-electron chi connectivity index (χ3n) is 5.21. The van der Waals surface area contributed by atoms with E-state index in [1.165, 1.54) is 12.1 Å². The lowest BCUT2D eigenvalue weighted by atomic mass is 9.76. The average molecular weight is 369 g/mol. The number of hydrazone groups is 1. The Morgan fingerprint density at radius 1 is 1.31 bits per heavy atom. The summed E-state index contributed by atoms with van der Waals surface area (Å²) < 4.78 is 41.4. The summed E-state index contributed by atoms with van der Waals surface area (Å²) in [6.07, 6.45) is -3.80. The van der Waals surface area contributed by atoms with E-state index < -0.39 is 23.7 Å². The standard InChI is InChI=1S/C18H22F3N3O2/c1-11-4-9-15-14(10-11)17(26,18(19,20)21)24(22-15)16(25)12-5-7-13(8-6-12)23(2)3/h5-8,11,14,26H,4,9-10H2,1-3H3/t11-,14+,17-/m0/s1. The molecule has 1 amide bonds. The lowest BCUT2D eigenvalue weighted by molar-refractivity contribution is -0.313. The molecule has 5 nitrogen and oxygen atoms in total. The highest BCUT2D eigenvalue weighted by Crippen LogP contribution is 2.49. The van der Waals surface area contributed by atoms with Crippen LogP contribution in [0.25, 0.3) is 0 Å². The fourth-order valence-electron chi connectivity index (χ4n) is 3.64. The van der Waals surface area contributed by atoms with E-state index in [2.05, 4.69) is 5.10 Å². The number of hydrogen-bond donors (Lipinski definition) is 1. The molecule has 1 heterocycles. The molecule has 1 saturated carbocycles. The molecule has 0 spiro atoms. The topological polar surface area (TPSA) is 56.1 Å². The van der Waals surface area contributed by atoms with Crippen molar-refractivity contribution in [2.24, 2.45) is 16.9 Å². The van der Waals surface area contributed by atoms with E-state index in [-0.39, 0.29) is 28.6 Å². The van der Waals surface area contributed by atoms with E-state index in [1.54, 1.807) is 12.1 Å². The molecule has 0 unspecified atom stereocenters. The number of benzene rings is 1. The van der Waals surface area contributed by atoms with Crippen LogP contribution in [-0.4, -0.2) is 47.7 Å². The van der Waals surface area contributed by atoms with Crippen LogP contribution in [0.15, 0.2) is 29.4 Å². The number of fused-ring (bicyclic) bond motifs is 1. The van der Waals surface area contributed by atoms with Gasteiger partial charge in [-0.15, -0.1) is 0 Å². The fourth-order valence-corrected chi connectivity index (χ4v) is 3.64. The molecule has 1 aromatic carbocycles. The maximum atomic E-state index is 13.8. The van der Waals surface area contributed by atoms with Gasteiger partial charge in [0.2, 0.25) is 0 Å². The second-order valence-corrected chi connectivity index (χ2v) is 7.31. The van der Waals surface area contributed by atoms with Gasteiger partial charge >= 0.3 is 6.18 Å². The minimum absolute atomic E-state index is 0.0299. The van der Waals surface area contributed by atoms with Crippen molar-refractivity contribution < 1.29 is 23.1 Å². The molecule has 3 atom stereocenters. The fraction of sp³-hybridized carbons (Fsp3) is 0.556. The summed E-state index contributed by atoms with van der Waals surface area (Å²) in [4.78, 5) is 14.6. The van der Waals surface area contributed by atoms with Crippen LogP contribution in [0.3, 0.4) is 0 Å². The van der Waals surface area contributed by atoms with Gasteiger partial charge in [0, 0.05) is 31.1 Å². The largest absolute Gasteiger partial charge is 0.439 e. The van der Waals surface area contributed by atoms with Gasteiger partial charge in [-0.1, -0.05) is 6.92 Å². The summed E-state index contributed by atoms with van der Waals surface area (Å²) in [6, 6.07) is 6.16. The number of halogens is 3. The van der Waals surface area contributed by atoms with Gasteiger partial charge in [-0.25, -0.2) is 0 Å². The van der Waals surface area contributed by atoms with Crippen molar-refractivity contribution >= 4 is 17.3 Å². The number of nitrogens with zero attached hydrogens (tertiary/aromatic N) is 3. The second-order valence-electron chi connectivity index (χ2n) is 7.31. The van der Waals surface area contributed by atoms with Crippen molar-refractivity contribution in [3.05, 3.63) is 29.8 Å². The molecule has 8 heteroatoms. The van der Waals surface area contributed by atoms with E-state index in [9.17, 15) is 23.1 Å². The predicted octanol–water partition coefficient (Wildman–Crippen LogP) is 3.25. The lowest BCUT2D eigenvalue weighted by Crippen LogP contribution is -2.61. The van der Waals surface area contributed by atoms with Gasteiger partial charge in [0.25, 0.3) is 11.6 Å². The highest BCUT2D eigenvalue weighted by Gasteiger charge is 2.68. The van der Waals surface area contributed by atoms with Gasteiger partial charge in [-0.3, -0.25) is 4.79 Å².